The zero-order chi connectivity index (χ0) is 9.14. The topological polar surface area (TPSA) is 9.72 Å². The Labute approximate surface area is 75.9 Å². The van der Waals surface area contributed by atoms with Crippen molar-refractivity contribution in [2.45, 2.75) is 20.1 Å². The molecule has 1 rings (SSSR count). The van der Waals surface area contributed by atoms with Crippen molar-refractivity contribution < 1.29 is 0 Å². The third kappa shape index (κ3) is 1.79. The Hall–Kier alpha value is -0.120. The predicted molar refractivity (Wildman–Crippen MR) is 52.0 cm³/mol. The average molecular weight is 171 g/mol. The van der Waals surface area contributed by atoms with Gasteiger partial charge in [0, 0.05) is 13.1 Å². The van der Waals surface area contributed by atoms with Crippen LogP contribution in [0.3, 0.4) is 0 Å². The second-order valence-corrected chi connectivity index (χ2v) is 3.57. The first-order chi connectivity index (χ1) is 5.70. The van der Waals surface area contributed by atoms with Crippen LogP contribution >= 0.6 is 0 Å². The molecule has 0 bridgehead atoms. The highest BCUT2D eigenvalue weighted by Crippen LogP contribution is 2.14. The Bertz CT molecular complexity index is 124. The van der Waals surface area contributed by atoms with Gasteiger partial charge in [0.25, 0.3) is 0 Å². The van der Waals surface area contributed by atoms with Gasteiger partial charge in [-0.1, -0.05) is 13.8 Å². The molecule has 0 radical (unpaired) electrons. The monoisotopic (exact) mass is 171 g/mol. The Morgan fingerprint density at radius 1 is 1.08 bits per heavy atom. The van der Waals surface area contributed by atoms with E-state index in [1.807, 2.05) is 0 Å². The van der Waals surface area contributed by atoms with Gasteiger partial charge in [0.2, 0.25) is 0 Å². The fourth-order valence-corrected chi connectivity index (χ4v) is 2.01. The highest BCUT2D eigenvalue weighted by Gasteiger charge is 2.30. The zero-order valence-corrected chi connectivity index (χ0v) is 8.75. The fourth-order valence-electron chi connectivity index (χ4n) is 2.01. The summed E-state index contributed by atoms with van der Waals surface area (Å²) in [6.45, 7) is 9.20. The van der Waals surface area contributed by atoms with Gasteiger partial charge in [-0.05, 0) is 27.2 Å². The molecule has 3 heteroatoms. The smallest absolute Gasteiger partial charge is 0.119 e. The molecule has 0 aromatic rings. The van der Waals surface area contributed by atoms with Gasteiger partial charge in [-0.3, -0.25) is 14.7 Å². The summed E-state index contributed by atoms with van der Waals surface area (Å²) in [5, 5.41) is 0. The number of hydrogen-bond acceptors (Lipinski definition) is 3. The summed E-state index contributed by atoms with van der Waals surface area (Å²) in [5.41, 5.74) is 0. The first-order valence-corrected chi connectivity index (χ1v) is 4.85. The third-order valence-electron chi connectivity index (χ3n) is 2.60. The van der Waals surface area contributed by atoms with E-state index in [0.29, 0.717) is 6.29 Å². The van der Waals surface area contributed by atoms with Crippen LogP contribution < -0.4 is 0 Å². The summed E-state index contributed by atoms with van der Waals surface area (Å²) < 4.78 is 0. The third-order valence-corrected chi connectivity index (χ3v) is 2.60. The molecule has 0 N–H and O–H groups in total. The van der Waals surface area contributed by atoms with Crippen LogP contribution in [0, 0.1) is 0 Å². The summed E-state index contributed by atoms with van der Waals surface area (Å²) in [7, 11) is 4.31. The molecule has 0 atom stereocenters. The van der Waals surface area contributed by atoms with E-state index in [1.165, 1.54) is 13.1 Å². The van der Waals surface area contributed by atoms with Gasteiger partial charge in [0.05, 0.1) is 0 Å². The van der Waals surface area contributed by atoms with Crippen molar-refractivity contribution in [2.24, 2.45) is 0 Å². The molecule has 0 aromatic carbocycles. The molecule has 0 amide bonds. The first-order valence-electron chi connectivity index (χ1n) is 4.85. The number of rotatable bonds is 3. The van der Waals surface area contributed by atoms with E-state index >= 15 is 0 Å². The molecule has 0 unspecified atom stereocenters. The second kappa shape index (κ2) is 4.21. The molecule has 1 fully saturated rings. The lowest BCUT2D eigenvalue weighted by atomic mass is 10.5. The van der Waals surface area contributed by atoms with Crippen LogP contribution in [0.2, 0.25) is 0 Å². The van der Waals surface area contributed by atoms with Crippen LogP contribution in [0.15, 0.2) is 0 Å². The minimum Gasteiger partial charge on any atom is -0.282 e. The highest BCUT2D eigenvalue weighted by atomic mass is 15.5. The molecular weight excluding hydrogens is 150 g/mol. The summed E-state index contributed by atoms with van der Waals surface area (Å²) in [5.74, 6) is 0. The number of likely N-dealkylation sites (N-methyl/N-ethyl adjacent to an activating group) is 2. The maximum Gasteiger partial charge on any atom is 0.119 e. The van der Waals surface area contributed by atoms with Crippen molar-refractivity contribution in [1.82, 2.24) is 14.7 Å². The van der Waals surface area contributed by atoms with Gasteiger partial charge >= 0.3 is 0 Å². The van der Waals surface area contributed by atoms with Crippen LogP contribution in [-0.2, 0) is 0 Å². The summed E-state index contributed by atoms with van der Waals surface area (Å²) >= 11 is 0. The lowest BCUT2D eigenvalue weighted by molar-refractivity contribution is 0.0233. The molecule has 72 valence electrons. The maximum absolute atomic E-state index is 2.50. The van der Waals surface area contributed by atoms with E-state index in [-0.39, 0.29) is 0 Å². The van der Waals surface area contributed by atoms with Crippen molar-refractivity contribution in [3.05, 3.63) is 0 Å². The Morgan fingerprint density at radius 2 is 1.50 bits per heavy atom. The largest absolute Gasteiger partial charge is 0.282 e. The van der Waals surface area contributed by atoms with E-state index in [1.54, 1.807) is 0 Å². The van der Waals surface area contributed by atoms with Gasteiger partial charge < -0.3 is 0 Å². The summed E-state index contributed by atoms with van der Waals surface area (Å²) in [6, 6.07) is 0. The molecule has 1 saturated heterocycles. The van der Waals surface area contributed by atoms with Gasteiger partial charge in [-0.25, -0.2) is 0 Å². The van der Waals surface area contributed by atoms with E-state index in [2.05, 4.69) is 42.6 Å². The normalized spacial score (nSPS) is 22.8. The van der Waals surface area contributed by atoms with Crippen molar-refractivity contribution in [2.75, 3.05) is 40.3 Å². The zero-order valence-electron chi connectivity index (χ0n) is 8.75. The number of nitrogens with zero attached hydrogens (tertiary/aromatic N) is 3. The molecule has 1 heterocycles. The molecular formula is C9H21N3. The predicted octanol–water partition coefficient (Wildman–Crippen LogP) is 0.489. The van der Waals surface area contributed by atoms with E-state index in [4.69, 9.17) is 0 Å². The van der Waals surface area contributed by atoms with Crippen LogP contribution in [-0.4, -0.2) is 61.3 Å². The van der Waals surface area contributed by atoms with E-state index < -0.39 is 0 Å². The summed E-state index contributed by atoms with van der Waals surface area (Å²) in [4.78, 5) is 7.30. The lowest BCUT2D eigenvalue weighted by Crippen LogP contribution is -2.48. The Morgan fingerprint density at radius 3 is 1.75 bits per heavy atom. The summed E-state index contributed by atoms with van der Waals surface area (Å²) in [6.07, 6.45) is 0.528. The number of hydrogen-bond donors (Lipinski definition) is 0. The Kier molecular flexibility index (Phi) is 3.50. The van der Waals surface area contributed by atoms with Crippen LogP contribution in [0.25, 0.3) is 0 Å². The van der Waals surface area contributed by atoms with Gasteiger partial charge in [0.15, 0.2) is 0 Å². The minimum absolute atomic E-state index is 0.528. The van der Waals surface area contributed by atoms with Crippen LogP contribution in [0.1, 0.15) is 13.8 Å². The minimum atomic E-state index is 0.528. The van der Waals surface area contributed by atoms with Gasteiger partial charge in [-0.2, -0.15) is 0 Å². The van der Waals surface area contributed by atoms with Gasteiger partial charge in [-0.15, -0.1) is 0 Å². The standard InChI is InChI=1S/C9H21N3/c1-5-11-7-8-12(6-2)9(11)10(3)4/h9H,5-8H2,1-4H3. The quantitative estimate of drug-likeness (QED) is 0.612. The maximum atomic E-state index is 2.50. The Balaban J connectivity index is 2.59. The second-order valence-electron chi connectivity index (χ2n) is 3.57. The molecule has 0 spiro atoms. The van der Waals surface area contributed by atoms with Crippen molar-refractivity contribution in [3.8, 4) is 0 Å². The molecule has 1 aliphatic heterocycles. The highest BCUT2D eigenvalue weighted by molar-refractivity contribution is 4.78. The fraction of sp³-hybridized carbons (Fsp3) is 1.00. The van der Waals surface area contributed by atoms with Crippen LogP contribution in [0.5, 0.6) is 0 Å². The van der Waals surface area contributed by atoms with Gasteiger partial charge in [0.1, 0.15) is 6.29 Å². The van der Waals surface area contributed by atoms with Crippen molar-refractivity contribution in [1.29, 1.82) is 0 Å². The average Bonchev–Trinajstić information content (AvgIpc) is 2.46. The molecule has 0 aliphatic carbocycles. The van der Waals surface area contributed by atoms with Crippen molar-refractivity contribution >= 4 is 0 Å². The van der Waals surface area contributed by atoms with Crippen molar-refractivity contribution in [3.63, 3.8) is 0 Å². The molecule has 0 saturated carbocycles. The molecule has 3 nitrogen and oxygen atoms in total. The SMILES string of the molecule is CCN1CCN(CC)C1N(C)C. The lowest BCUT2D eigenvalue weighted by Gasteiger charge is -2.34. The first kappa shape index (κ1) is 9.96. The van der Waals surface area contributed by atoms with E-state index in [0.717, 1.165) is 13.1 Å². The molecule has 12 heavy (non-hydrogen) atoms. The van der Waals surface area contributed by atoms with Crippen LogP contribution in [0.4, 0.5) is 0 Å². The molecule has 1 aliphatic rings. The van der Waals surface area contributed by atoms with E-state index in [9.17, 15) is 0 Å². The molecule has 0 aromatic heterocycles.